The van der Waals surface area contributed by atoms with Crippen LogP contribution in [0.5, 0.6) is 0 Å². The van der Waals surface area contributed by atoms with Gasteiger partial charge in [0.1, 0.15) is 0 Å². The van der Waals surface area contributed by atoms with Crippen LogP contribution < -0.4 is 0 Å². The van der Waals surface area contributed by atoms with Gasteiger partial charge in [-0.1, -0.05) is 20.5 Å². The van der Waals surface area contributed by atoms with E-state index in [0.29, 0.717) is 0 Å². The first-order valence-corrected chi connectivity index (χ1v) is 3.14. The summed E-state index contributed by atoms with van der Waals surface area (Å²) in [6.07, 6.45) is 5.30. The molecule has 0 heterocycles. The minimum atomic E-state index is -0.548. The van der Waals surface area contributed by atoms with Crippen LogP contribution in [0.4, 0.5) is 0 Å². The summed E-state index contributed by atoms with van der Waals surface area (Å²) < 4.78 is 0. The van der Waals surface area contributed by atoms with E-state index in [9.17, 15) is 0 Å². The van der Waals surface area contributed by atoms with Gasteiger partial charge < -0.3 is 0 Å². The van der Waals surface area contributed by atoms with Gasteiger partial charge in [0.25, 0.3) is 0 Å². The van der Waals surface area contributed by atoms with E-state index in [1.54, 1.807) is 11.6 Å². The van der Waals surface area contributed by atoms with Crippen LogP contribution in [0, 0.1) is 6.13 Å². The van der Waals surface area contributed by atoms with E-state index in [1.165, 1.54) is 0 Å². The summed E-state index contributed by atoms with van der Waals surface area (Å²) in [6.45, 7) is 6.93. The topological polar surface area (TPSA) is 0 Å². The monoisotopic (exact) mass is 98.0 g/mol. The van der Waals surface area contributed by atoms with Crippen molar-refractivity contribution in [1.82, 2.24) is 0 Å². The fourth-order valence-electron chi connectivity index (χ4n) is 0.0745. The van der Waals surface area contributed by atoms with E-state index in [1.807, 2.05) is 0 Å². The molecule has 0 aromatic carbocycles. The molecule has 0 amide bonds. The highest BCUT2D eigenvalue weighted by molar-refractivity contribution is 7.53. The van der Waals surface area contributed by atoms with Crippen LogP contribution in [-0.4, -0.2) is 0 Å². The maximum absolute atomic E-state index is 5.30. The van der Waals surface area contributed by atoms with Crippen LogP contribution in [-0.2, 0) is 0 Å². The maximum atomic E-state index is 5.30. The molecule has 0 radical (unpaired) electrons. The summed E-state index contributed by atoms with van der Waals surface area (Å²) in [5.74, 6) is 3.39. The van der Waals surface area contributed by atoms with Crippen molar-refractivity contribution < 1.29 is 0 Å². The van der Waals surface area contributed by atoms with Crippen LogP contribution in [0.25, 0.3) is 0 Å². The molecule has 0 saturated heterocycles. The Morgan fingerprint density at radius 1 is 1.33 bits per heavy atom. The fraction of sp³-hybridized carbons (Fsp3) is 0. The molecule has 0 nitrogen and oxygen atoms in total. The Balaban J connectivity index is 3.65. The molecule has 0 aliphatic heterocycles. The summed E-state index contributed by atoms with van der Waals surface area (Å²) in [5, 5.41) is 0. The highest BCUT2D eigenvalue weighted by Gasteiger charge is 1.61. The molecule has 0 aromatic heterocycles. The zero-order chi connectivity index (χ0) is 4.99. The van der Waals surface area contributed by atoms with E-state index in [-0.39, 0.29) is 0 Å². The van der Waals surface area contributed by atoms with E-state index in [4.69, 9.17) is 6.13 Å². The second-order valence-corrected chi connectivity index (χ2v) is 2.44. The molecule has 0 fully saturated rings. The van der Waals surface area contributed by atoms with Crippen molar-refractivity contribution >= 4 is 7.38 Å². The van der Waals surface area contributed by atoms with Gasteiger partial charge in [-0.2, -0.15) is 0 Å². The molecule has 6 heavy (non-hydrogen) atoms. The predicted molar refractivity (Wildman–Crippen MR) is 32.3 cm³/mol. The summed E-state index contributed by atoms with van der Waals surface area (Å²) >= 11 is 0. The average molecular weight is 98.1 g/mol. The second-order valence-electron chi connectivity index (χ2n) is 0.812. The van der Waals surface area contributed by atoms with Gasteiger partial charge in [0.05, 0.1) is 0 Å². The van der Waals surface area contributed by atoms with Crippen molar-refractivity contribution in [2.24, 2.45) is 0 Å². The Morgan fingerprint density at radius 3 is 1.67 bits per heavy atom. The van der Waals surface area contributed by atoms with Gasteiger partial charge in [0, 0.05) is 0 Å². The minimum absolute atomic E-state index is 0.548. The van der Waals surface area contributed by atoms with Crippen LogP contribution in [0.3, 0.4) is 0 Å². The summed E-state index contributed by atoms with van der Waals surface area (Å²) in [6, 6.07) is 0. The van der Waals surface area contributed by atoms with Gasteiger partial charge in [0.2, 0.25) is 0 Å². The Kier molecular flexibility index (Phi) is 2.58. The standard InChI is InChI=1S/C5H7P/c1-4-6(3)5-2/h3-5H,1-2H2. The van der Waals surface area contributed by atoms with Crippen molar-refractivity contribution in [3.8, 4) is 6.13 Å². The SMILES string of the molecule is C#P(C=C)C=C. The quantitative estimate of drug-likeness (QED) is 0.408. The van der Waals surface area contributed by atoms with E-state index in [2.05, 4.69) is 13.2 Å². The Labute approximate surface area is 39.2 Å². The van der Waals surface area contributed by atoms with Gasteiger partial charge in [-0.25, -0.2) is 0 Å². The lowest BCUT2D eigenvalue weighted by atomic mass is 11.3. The van der Waals surface area contributed by atoms with Crippen molar-refractivity contribution in [3.63, 3.8) is 0 Å². The van der Waals surface area contributed by atoms with Crippen LogP contribution in [0.15, 0.2) is 24.8 Å². The third-order valence-corrected chi connectivity index (χ3v) is 1.26. The number of hydrogen-bond acceptors (Lipinski definition) is 0. The third-order valence-electron chi connectivity index (χ3n) is 0.422. The molecule has 32 valence electrons. The first kappa shape index (κ1) is 5.56. The lowest BCUT2D eigenvalue weighted by Crippen LogP contribution is -1.27. The van der Waals surface area contributed by atoms with E-state index in [0.717, 1.165) is 0 Å². The van der Waals surface area contributed by atoms with Crippen molar-refractivity contribution in [2.75, 3.05) is 0 Å². The lowest BCUT2D eigenvalue weighted by molar-refractivity contribution is 2.53. The van der Waals surface area contributed by atoms with Crippen molar-refractivity contribution in [3.05, 3.63) is 24.8 Å². The first-order chi connectivity index (χ1) is 2.81. The number of rotatable bonds is 0. The zero-order valence-corrected chi connectivity index (χ0v) is 4.49. The molecule has 0 unspecified atom stereocenters. The van der Waals surface area contributed by atoms with E-state index >= 15 is 0 Å². The first-order valence-electron chi connectivity index (χ1n) is 1.59. The molecule has 0 spiro atoms. The van der Waals surface area contributed by atoms with Gasteiger partial charge >= 0.3 is 0 Å². The summed E-state index contributed by atoms with van der Waals surface area (Å²) in [7, 11) is -0.548. The minimum Gasteiger partial charge on any atom is -0.139 e. The fourth-order valence-corrected chi connectivity index (χ4v) is 0.224. The van der Waals surface area contributed by atoms with Crippen molar-refractivity contribution in [1.29, 1.82) is 0 Å². The Hall–Kier alpha value is -0.440. The van der Waals surface area contributed by atoms with Crippen LogP contribution >= 0.6 is 7.38 Å². The molecule has 0 N–H and O–H groups in total. The van der Waals surface area contributed by atoms with Gasteiger partial charge in [0.15, 0.2) is 0 Å². The molecule has 0 bridgehead atoms. The highest BCUT2D eigenvalue weighted by atomic mass is 31.1. The lowest BCUT2D eigenvalue weighted by Gasteiger charge is -1.72. The summed E-state index contributed by atoms with van der Waals surface area (Å²) in [4.78, 5) is 0. The molecule has 0 aromatic rings. The zero-order valence-electron chi connectivity index (χ0n) is 3.59. The van der Waals surface area contributed by atoms with Crippen LogP contribution in [0.1, 0.15) is 0 Å². The highest BCUT2D eigenvalue weighted by Crippen LogP contribution is 2.16. The molecular formula is C5H7P. The number of hydrogen-bond donors (Lipinski definition) is 0. The average Bonchev–Trinajstić information content (AvgIpc) is 1.65. The molecule has 0 aliphatic rings. The predicted octanol–water partition coefficient (Wildman–Crippen LogP) is 2.34. The van der Waals surface area contributed by atoms with Gasteiger partial charge in [-0.05, 0) is 11.6 Å². The largest absolute Gasteiger partial charge is 0.139 e. The Bertz CT molecular complexity index is 102. The molecule has 0 atom stereocenters. The Morgan fingerprint density at radius 2 is 1.67 bits per heavy atom. The molecule has 1 heteroatoms. The molecular weight excluding hydrogens is 91.0 g/mol. The third kappa shape index (κ3) is 1.84. The molecule has 0 rings (SSSR count). The van der Waals surface area contributed by atoms with Crippen molar-refractivity contribution in [2.45, 2.75) is 0 Å². The maximum Gasteiger partial charge on any atom is -0.0391 e. The van der Waals surface area contributed by atoms with Crippen LogP contribution in [0.2, 0.25) is 0 Å². The van der Waals surface area contributed by atoms with Gasteiger partial charge in [-0.15, -0.1) is 6.13 Å². The summed E-state index contributed by atoms with van der Waals surface area (Å²) in [5.41, 5.74) is 0. The second kappa shape index (κ2) is 2.78. The smallest absolute Gasteiger partial charge is 0.0391 e. The van der Waals surface area contributed by atoms with E-state index < -0.39 is 7.38 Å². The molecule has 0 aliphatic carbocycles. The van der Waals surface area contributed by atoms with Gasteiger partial charge in [-0.3, -0.25) is 0 Å². The normalized spacial score (nSPS) is 6.50. The molecule has 0 saturated carbocycles.